The molecule has 4 aromatic rings. The Morgan fingerprint density at radius 1 is 1.29 bits per heavy atom. The summed E-state index contributed by atoms with van der Waals surface area (Å²) in [5.74, 6) is 1.31. The molecule has 4 N–H and O–H groups in total. The van der Waals surface area contributed by atoms with Crippen LogP contribution in [-0.4, -0.2) is 70.8 Å². The van der Waals surface area contributed by atoms with Crippen molar-refractivity contribution in [2.45, 2.75) is 64.0 Å². The number of unbranched alkanes of at least 4 members (excludes halogenated alkanes) is 1. The number of rotatable bonds is 9. The van der Waals surface area contributed by atoms with Crippen molar-refractivity contribution in [2.75, 3.05) is 18.8 Å². The van der Waals surface area contributed by atoms with Gasteiger partial charge < -0.3 is 20.6 Å². The van der Waals surface area contributed by atoms with Crippen LogP contribution in [-0.2, 0) is 11.2 Å². The van der Waals surface area contributed by atoms with Crippen molar-refractivity contribution in [3.63, 3.8) is 0 Å². The third-order valence-electron chi connectivity index (χ3n) is 6.65. The summed E-state index contributed by atoms with van der Waals surface area (Å²) < 4.78 is 8.10. The van der Waals surface area contributed by atoms with E-state index in [2.05, 4.69) is 43.7 Å². The van der Waals surface area contributed by atoms with Crippen LogP contribution >= 0.6 is 11.6 Å². The highest BCUT2D eigenvalue weighted by Gasteiger charge is 2.37. The van der Waals surface area contributed by atoms with Crippen molar-refractivity contribution in [1.82, 2.24) is 34.4 Å². The number of fused-ring (bicyclic) bond motifs is 2. The molecule has 0 radical (unpaired) electrons. The van der Waals surface area contributed by atoms with E-state index >= 15 is 0 Å². The second kappa shape index (κ2) is 10.1. The molecule has 0 amide bonds. The first kappa shape index (κ1) is 23.9. The number of nitrogens with one attached hydrogen (secondary N) is 1. The van der Waals surface area contributed by atoms with Crippen LogP contribution in [0.5, 0.6) is 0 Å². The van der Waals surface area contributed by atoms with Gasteiger partial charge in [0.1, 0.15) is 23.9 Å². The van der Waals surface area contributed by atoms with Crippen LogP contribution in [0.15, 0.2) is 30.9 Å². The topological polar surface area (TPSA) is 131 Å². The molecule has 11 heteroatoms. The van der Waals surface area contributed by atoms with Gasteiger partial charge in [0.25, 0.3) is 0 Å². The number of ether oxygens (including phenoxy) is 1. The molecule has 0 aliphatic carbocycles. The number of aryl methyl sites for hydroxylation is 1. The Hall–Kier alpha value is -2.79. The molecular formula is C24H31ClN8O2. The summed E-state index contributed by atoms with van der Waals surface area (Å²) >= 11 is 6.07. The molecule has 1 fully saturated rings. The lowest BCUT2D eigenvalue weighted by Crippen LogP contribution is -2.41. The van der Waals surface area contributed by atoms with Gasteiger partial charge in [-0.25, -0.2) is 19.9 Å². The Kier molecular flexibility index (Phi) is 6.88. The summed E-state index contributed by atoms with van der Waals surface area (Å²) in [6.45, 7) is 5.91. The Balaban J connectivity index is 1.16. The molecule has 0 bridgehead atoms. The van der Waals surface area contributed by atoms with Gasteiger partial charge >= 0.3 is 0 Å². The average Bonchev–Trinajstić information content (AvgIpc) is 3.52. The first-order chi connectivity index (χ1) is 16.9. The molecule has 0 saturated carbocycles. The molecule has 1 aromatic carbocycles. The zero-order valence-corrected chi connectivity index (χ0v) is 20.7. The van der Waals surface area contributed by atoms with E-state index in [-0.39, 0.29) is 12.3 Å². The molecule has 0 spiro atoms. The van der Waals surface area contributed by atoms with Crippen molar-refractivity contribution in [1.29, 1.82) is 0 Å². The van der Waals surface area contributed by atoms with Gasteiger partial charge in [0, 0.05) is 30.5 Å². The predicted octanol–water partition coefficient (Wildman–Crippen LogP) is 3.32. The molecule has 4 heterocycles. The smallest absolute Gasteiger partial charge is 0.167 e. The van der Waals surface area contributed by atoms with Crippen LogP contribution in [0.1, 0.15) is 45.2 Å². The molecule has 3 aromatic heterocycles. The number of aromatic nitrogens is 6. The number of benzene rings is 1. The monoisotopic (exact) mass is 498 g/mol. The third-order valence-corrected chi connectivity index (χ3v) is 6.88. The second-order valence-electron chi connectivity index (χ2n) is 9.41. The van der Waals surface area contributed by atoms with Gasteiger partial charge in [0.05, 0.1) is 29.6 Å². The zero-order chi connectivity index (χ0) is 24.5. The molecule has 35 heavy (non-hydrogen) atoms. The third kappa shape index (κ3) is 5.11. The highest BCUT2D eigenvalue weighted by Crippen LogP contribution is 2.32. The Labute approximate surface area is 208 Å². The van der Waals surface area contributed by atoms with Gasteiger partial charge in [-0.3, -0.25) is 9.47 Å². The van der Waals surface area contributed by atoms with Crippen molar-refractivity contribution >= 4 is 39.6 Å². The van der Waals surface area contributed by atoms with Crippen molar-refractivity contribution < 1.29 is 9.84 Å². The summed E-state index contributed by atoms with van der Waals surface area (Å²) in [5, 5.41) is 11.5. The molecule has 3 atom stereocenters. The fourth-order valence-corrected chi connectivity index (χ4v) is 4.85. The number of hydrogen-bond donors (Lipinski definition) is 3. The van der Waals surface area contributed by atoms with Crippen molar-refractivity contribution in [3.8, 4) is 0 Å². The fourth-order valence-electron chi connectivity index (χ4n) is 4.68. The van der Waals surface area contributed by atoms with Gasteiger partial charge in [0.2, 0.25) is 0 Å². The molecule has 10 nitrogen and oxygen atoms in total. The van der Waals surface area contributed by atoms with Crippen LogP contribution in [0.25, 0.3) is 22.2 Å². The van der Waals surface area contributed by atoms with Crippen LogP contribution < -0.4 is 5.73 Å². The zero-order valence-electron chi connectivity index (χ0n) is 19.9. The summed E-state index contributed by atoms with van der Waals surface area (Å²) in [6.07, 6.45) is 5.25. The van der Waals surface area contributed by atoms with E-state index in [9.17, 15) is 5.11 Å². The van der Waals surface area contributed by atoms with E-state index in [0.29, 0.717) is 41.0 Å². The van der Waals surface area contributed by atoms with Gasteiger partial charge in [0.15, 0.2) is 11.5 Å². The summed E-state index contributed by atoms with van der Waals surface area (Å²) in [5.41, 5.74) is 8.98. The average molecular weight is 499 g/mol. The lowest BCUT2D eigenvalue weighted by Gasteiger charge is -2.30. The normalized spacial score (nSPS) is 20.7. The number of aliphatic hydroxyl groups is 1. The maximum Gasteiger partial charge on any atom is 0.167 e. The van der Waals surface area contributed by atoms with E-state index in [1.54, 1.807) is 6.33 Å². The Morgan fingerprint density at radius 2 is 2.14 bits per heavy atom. The number of halogens is 1. The van der Waals surface area contributed by atoms with E-state index in [0.717, 1.165) is 42.7 Å². The molecule has 3 unspecified atom stereocenters. The largest absolute Gasteiger partial charge is 0.390 e. The number of nitrogen functional groups attached to an aromatic ring is 1. The van der Waals surface area contributed by atoms with E-state index in [1.165, 1.54) is 6.33 Å². The fraction of sp³-hybridized carbons (Fsp3) is 0.500. The Morgan fingerprint density at radius 3 is 2.97 bits per heavy atom. The van der Waals surface area contributed by atoms with Gasteiger partial charge in [-0.2, -0.15) is 0 Å². The summed E-state index contributed by atoms with van der Waals surface area (Å²) in [6, 6.07) is 6.03. The second-order valence-corrected chi connectivity index (χ2v) is 9.84. The van der Waals surface area contributed by atoms with E-state index in [4.69, 9.17) is 22.1 Å². The first-order valence-electron chi connectivity index (χ1n) is 12.0. The van der Waals surface area contributed by atoms with Crippen molar-refractivity contribution in [2.24, 2.45) is 0 Å². The minimum absolute atomic E-state index is 0.292. The molecule has 1 saturated heterocycles. The number of H-pyrrole nitrogens is 1. The number of aliphatic hydroxyl groups excluding tert-OH is 1. The van der Waals surface area contributed by atoms with Gasteiger partial charge in [-0.05, 0) is 51.4 Å². The van der Waals surface area contributed by atoms with Crippen LogP contribution in [0, 0.1) is 0 Å². The number of nitrogens with two attached hydrogens (primary N) is 1. The number of nitrogens with zero attached hydrogens (tertiary/aromatic N) is 6. The molecular weight excluding hydrogens is 468 g/mol. The maximum absolute atomic E-state index is 10.8. The highest BCUT2D eigenvalue weighted by atomic mass is 35.5. The number of anilines is 1. The maximum atomic E-state index is 10.8. The number of imidazole rings is 2. The van der Waals surface area contributed by atoms with Crippen LogP contribution in [0.3, 0.4) is 0 Å². The number of hydrogen-bond acceptors (Lipinski definition) is 8. The van der Waals surface area contributed by atoms with E-state index in [1.807, 2.05) is 22.8 Å². The SMILES string of the molecule is CC(C)N(CCCCc1nc2ccc(Cl)cc2[nH]1)CC1OC(n2cnc3c(N)ncnc32)CC1O. The standard InChI is InChI=1S/C24H31ClN8O2/c1-14(2)32(8-4-3-5-20-30-16-7-6-15(25)9-17(16)31-20)11-19-18(34)10-21(35-19)33-13-29-22-23(26)27-12-28-24(22)33/h6-7,9,12-14,18-19,21,34H,3-5,8,10-11H2,1-2H3,(H,30,31)(H2,26,27,28). The first-order valence-corrected chi connectivity index (χ1v) is 12.4. The molecule has 1 aliphatic rings. The lowest BCUT2D eigenvalue weighted by molar-refractivity contribution is -0.0376. The molecule has 5 rings (SSSR count). The molecule has 186 valence electrons. The quantitative estimate of drug-likeness (QED) is 0.299. The Bertz CT molecular complexity index is 1310. The van der Waals surface area contributed by atoms with Crippen LogP contribution in [0.4, 0.5) is 5.82 Å². The van der Waals surface area contributed by atoms with Crippen LogP contribution in [0.2, 0.25) is 5.02 Å². The van der Waals surface area contributed by atoms with E-state index < -0.39 is 6.10 Å². The minimum Gasteiger partial charge on any atom is -0.390 e. The van der Waals surface area contributed by atoms with Gasteiger partial charge in [-0.15, -0.1) is 0 Å². The van der Waals surface area contributed by atoms with Crippen molar-refractivity contribution in [3.05, 3.63) is 41.7 Å². The highest BCUT2D eigenvalue weighted by molar-refractivity contribution is 6.31. The predicted molar refractivity (Wildman–Crippen MR) is 135 cm³/mol. The van der Waals surface area contributed by atoms with Gasteiger partial charge in [-0.1, -0.05) is 11.6 Å². The lowest BCUT2D eigenvalue weighted by atomic mass is 10.1. The number of aromatic amines is 1. The summed E-state index contributed by atoms with van der Waals surface area (Å²) in [4.78, 5) is 23.0. The minimum atomic E-state index is -0.569. The molecule has 1 aliphatic heterocycles. The summed E-state index contributed by atoms with van der Waals surface area (Å²) in [7, 11) is 0.